The van der Waals surface area contributed by atoms with Gasteiger partial charge in [0, 0.05) is 0 Å². The lowest BCUT2D eigenvalue weighted by Crippen LogP contribution is -1.96. The average molecular weight is 279 g/mol. The topological polar surface area (TPSA) is 33.0 Å². The number of nitriles is 1. The van der Waals surface area contributed by atoms with E-state index in [2.05, 4.69) is 25.1 Å². The Hall–Kier alpha value is -2.27. The molecule has 0 bridgehead atoms. The largest absolute Gasteiger partial charge is 0.494 e. The van der Waals surface area contributed by atoms with E-state index in [1.807, 2.05) is 36.4 Å². The molecule has 0 N–H and O–H groups in total. The highest BCUT2D eigenvalue weighted by molar-refractivity contribution is 5.64. The lowest BCUT2D eigenvalue weighted by atomic mass is 10.0. The van der Waals surface area contributed by atoms with Crippen LogP contribution in [-0.4, -0.2) is 6.61 Å². The van der Waals surface area contributed by atoms with Crippen molar-refractivity contribution in [1.29, 1.82) is 5.26 Å². The Kier molecular flexibility index (Phi) is 5.84. The van der Waals surface area contributed by atoms with Gasteiger partial charge in [-0.05, 0) is 41.8 Å². The van der Waals surface area contributed by atoms with Crippen molar-refractivity contribution in [3.05, 3.63) is 54.1 Å². The number of rotatable bonds is 7. The van der Waals surface area contributed by atoms with Gasteiger partial charge in [-0.1, -0.05) is 50.5 Å². The van der Waals surface area contributed by atoms with Gasteiger partial charge >= 0.3 is 0 Å². The molecule has 2 rings (SSSR count). The maximum absolute atomic E-state index is 8.81. The third-order valence-corrected chi connectivity index (χ3v) is 3.47. The van der Waals surface area contributed by atoms with E-state index in [4.69, 9.17) is 10.00 Å². The first-order chi connectivity index (χ1) is 10.3. The first-order valence-corrected chi connectivity index (χ1v) is 7.57. The second-order valence-corrected chi connectivity index (χ2v) is 5.12. The molecule has 2 nitrogen and oxygen atoms in total. The summed E-state index contributed by atoms with van der Waals surface area (Å²) in [7, 11) is 0. The zero-order valence-electron chi connectivity index (χ0n) is 12.5. The summed E-state index contributed by atoms with van der Waals surface area (Å²) in [6.45, 7) is 3.00. The number of hydrogen-bond donors (Lipinski definition) is 0. The van der Waals surface area contributed by atoms with Crippen LogP contribution in [0.1, 0.15) is 38.2 Å². The van der Waals surface area contributed by atoms with E-state index in [9.17, 15) is 0 Å². The highest BCUT2D eigenvalue weighted by Crippen LogP contribution is 2.22. The van der Waals surface area contributed by atoms with Gasteiger partial charge < -0.3 is 4.74 Å². The second-order valence-electron chi connectivity index (χ2n) is 5.12. The van der Waals surface area contributed by atoms with Crippen molar-refractivity contribution < 1.29 is 4.74 Å². The summed E-state index contributed by atoms with van der Waals surface area (Å²) < 4.78 is 5.74. The molecule has 0 amide bonds. The number of ether oxygens (including phenoxy) is 1. The summed E-state index contributed by atoms with van der Waals surface area (Å²) in [6, 6.07) is 17.9. The Morgan fingerprint density at radius 3 is 2.05 bits per heavy atom. The minimum Gasteiger partial charge on any atom is -0.494 e. The number of unbranched alkanes of at least 4 members (excludes halogenated alkanes) is 3. The van der Waals surface area contributed by atoms with Crippen LogP contribution in [0.2, 0.25) is 0 Å². The molecule has 0 heterocycles. The van der Waals surface area contributed by atoms with Gasteiger partial charge in [-0.2, -0.15) is 5.26 Å². The minimum absolute atomic E-state index is 0.686. The van der Waals surface area contributed by atoms with Crippen molar-refractivity contribution in [2.24, 2.45) is 0 Å². The maximum Gasteiger partial charge on any atom is 0.119 e. The molecule has 2 aromatic carbocycles. The molecule has 0 aliphatic heterocycles. The Morgan fingerprint density at radius 2 is 1.48 bits per heavy atom. The normalized spacial score (nSPS) is 10.1. The standard InChI is InChI=1S/C19H21NO/c1-2-3-4-5-14-21-19-12-10-18(11-13-19)17-8-6-16(15-20)7-9-17/h6-13H,2-5,14H2,1H3. The van der Waals surface area contributed by atoms with Gasteiger partial charge in [-0.25, -0.2) is 0 Å². The highest BCUT2D eigenvalue weighted by Gasteiger charge is 1.99. The second kappa shape index (κ2) is 8.11. The molecule has 0 aliphatic rings. The Morgan fingerprint density at radius 1 is 0.857 bits per heavy atom. The van der Waals surface area contributed by atoms with Gasteiger partial charge in [0.25, 0.3) is 0 Å². The van der Waals surface area contributed by atoms with Crippen molar-refractivity contribution in [2.75, 3.05) is 6.61 Å². The molecule has 0 radical (unpaired) electrons. The monoisotopic (exact) mass is 279 g/mol. The molecule has 0 unspecified atom stereocenters. The molecule has 21 heavy (non-hydrogen) atoms. The van der Waals surface area contributed by atoms with Crippen LogP contribution in [-0.2, 0) is 0 Å². The van der Waals surface area contributed by atoms with Gasteiger partial charge in [0.05, 0.1) is 18.2 Å². The van der Waals surface area contributed by atoms with Crippen LogP contribution < -0.4 is 4.74 Å². The van der Waals surface area contributed by atoms with E-state index < -0.39 is 0 Å². The van der Waals surface area contributed by atoms with Crippen LogP contribution in [0, 0.1) is 11.3 Å². The van der Waals surface area contributed by atoms with Crippen LogP contribution in [0.15, 0.2) is 48.5 Å². The molecule has 0 aromatic heterocycles. The van der Waals surface area contributed by atoms with E-state index >= 15 is 0 Å². The molecule has 0 atom stereocenters. The smallest absolute Gasteiger partial charge is 0.119 e. The summed E-state index contributed by atoms with van der Waals surface area (Å²) in [4.78, 5) is 0. The fourth-order valence-corrected chi connectivity index (χ4v) is 2.20. The summed E-state index contributed by atoms with van der Waals surface area (Å²) in [6.07, 6.45) is 4.88. The molecule has 0 saturated carbocycles. The van der Waals surface area contributed by atoms with Crippen molar-refractivity contribution in [3.63, 3.8) is 0 Å². The third kappa shape index (κ3) is 4.65. The predicted octanol–water partition coefficient (Wildman–Crippen LogP) is 5.18. The number of benzene rings is 2. The number of hydrogen-bond acceptors (Lipinski definition) is 2. The third-order valence-electron chi connectivity index (χ3n) is 3.47. The molecule has 108 valence electrons. The fourth-order valence-electron chi connectivity index (χ4n) is 2.20. The molecule has 0 aliphatic carbocycles. The Balaban J connectivity index is 1.90. The Bertz CT molecular complexity index is 578. The predicted molar refractivity (Wildman–Crippen MR) is 86.2 cm³/mol. The molecule has 0 fully saturated rings. The van der Waals surface area contributed by atoms with E-state index in [0.717, 1.165) is 29.9 Å². The van der Waals surface area contributed by atoms with Crippen LogP contribution in [0.4, 0.5) is 0 Å². The number of nitrogens with zero attached hydrogens (tertiary/aromatic N) is 1. The highest BCUT2D eigenvalue weighted by atomic mass is 16.5. The van der Waals surface area contributed by atoms with E-state index in [1.165, 1.54) is 19.3 Å². The maximum atomic E-state index is 8.81. The molecule has 0 spiro atoms. The van der Waals surface area contributed by atoms with E-state index in [0.29, 0.717) is 5.56 Å². The van der Waals surface area contributed by atoms with Gasteiger partial charge in [0.15, 0.2) is 0 Å². The van der Waals surface area contributed by atoms with Gasteiger partial charge in [-0.15, -0.1) is 0 Å². The first kappa shape index (κ1) is 15.1. The lowest BCUT2D eigenvalue weighted by molar-refractivity contribution is 0.305. The quantitative estimate of drug-likeness (QED) is 0.654. The van der Waals surface area contributed by atoms with Crippen LogP contribution >= 0.6 is 0 Å². The fraction of sp³-hybridized carbons (Fsp3) is 0.316. The summed E-state index contributed by atoms with van der Waals surface area (Å²) >= 11 is 0. The summed E-state index contributed by atoms with van der Waals surface area (Å²) in [5, 5.41) is 8.81. The summed E-state index contributed by atoms with van der Waals surface area (Å²) in [5.41, 5.74) is 2.94. The van der Waals surface area contributed by atoms with Crippen molar-refractivity contribution in [2.45, 2.75) is 32.6 Å². The molecule has 2 aromatic rings. The Labute approximate surface area is 127 Å². The molecule has 2 heteroatoms. The summed E-state index contributed by atoms with van der Waals surface area (Å²) in [5.74, 6) is 0.920. The van der Waals surface area contributed by atoms with Crippen molar-refractivity contribution >= 4 is 0 Å². The van der Waals surface area contributed by atoms with E-state index in [1.54, 1.807) is 0 Å². The zero-order chi connectivity index (χ0) is 14.9. The average Bonchev–Trinajstić information content (AvgIpc) is 2.55. The zero-order valence-corrected chi connectivity index (χ0v) is 12.5. The van der Waals surface area contributed by atoms with E-state index in [-0.39, 0.29) is 0 Å². The van der Waals surface area contributed by atoms with Gasteiger partial charge in [0.2, 0.25) is 0 Å². The minimum atomic E-state index is 0.686. The van der Waals surface area contributed by atoms with Crippen molar-refractivity contribution in [3.8, 4) is 22.9 Å². The van der Waals surface area contributed by atoms with Gasteiger partial charge in [-0.3, -0.25) is 0 Å². The van der Waals surface area contributed by atoms with Crippen molar-refractivity contribution in [1.82, 2.24) is 0 Å². The van der Waals surface area contributed by atoms with Gasteiger partial charge in [0.1, 0.15) is 5.75 Å². The van der Waals surface area contributed by atoms with Crippen LogP contribution in [0.3, 0.4) is 0 Å². The molecular formula is C19H21NO. The SMILES string of the molecule is CCCCCCOc1ccc(-c2ccc(C#N)cc2)cc1. The van der Waals surface area contributed by atoms with Crippen LogP contribution in [0.5, 0.6) is 5.75 Å². The lowest BCUT2D eigenvalue weighted by Gasteiger charge is -2.07. The molecular weight excluding hydrogens is 258 g/mol. The first-order valence-electron chi connectivity index (χ1n) is 7.57. The molecule has 0 saturated heterocycles. The van der Waals surface area contributed by atoms with Crippen LogP contribution in [0.25, 0.3) is 11.1 Å².